The first-order valence-corrected chi connectivity index (χ1v) is 26.2. The molecule has 0 bridgehead atoms. The highest BCUT2D eigenvalue weighted by atomic mass is 32.3. The Labute approximate surface area is 376 Å². The van der Waals surface area contributed by atoms with Crippen LogP contribution in [0.1, 0.15) is 213 Å². The van der Waals surface area contributed by atoms with Crippen molar-refractivity contribution in [3.8, 4) is 0 Å². The van der Waals surface area contributed by atoms with E-state index in [0.29, 0.717) is 12.8 Å². The zero-order valence-corrected chi connectivity index (χ0v) is 39.6. The number of unbranched alkanes of at least 4 members (excludes halogenated alkanes) is 27. The van der Waals surface area contributed by atoms with E-state index in [1.807, 2.05) is 0 Å². The summed E-state index contributed by atoms with van der Waals surface area (Å²) in [6.07, 6.45) is 32.6. The van der Waals surface area contributed by atoms with Crippen LogP contribution in [0.5, 0.6) is 0 Å². The summed E-state index contributed by atoms with van der Waals surface area (Å²) >= 11 is 0. The molecule has 1 aliphatic heterocycles. The molecule has 1 amide bonds. The fourth-order valence-electron chi connectivity index (χ4n) is 7.89. The highest BCUT2D eigenvalue weighted by Gasteiger charge is 2.48. The second-order valence-electron chi connectivity index (χ2n) is 17.5. The number of carbonyl (C=O) groups excluding carboxylic acids is 1. The number of aliphatic hydroxyl groups is 5. The topological polar surface area (TPSA) is 212 Å². The van der Waals surface area contributed by atoms with E-state index in [2.05, 4.69) is 35.5 Å². The number of ether oxygens (including phenoxy) is 2. The minimum Gasteiger partial charge on any atom is -0.394 e. The van der Waals surface area contributed by atoms with Crippen LogP contribution in [-0.2, 0) is 28.9 Å². The first kappa shape index (κ1) is 58.6. The number of nitrogens with one attached hydrogen (secondary N) is 1. The molecule has 1 heterocycles. The average Bonchev–Trinajstić information content (AvgIpc) is 3.24. The molecule has 8 unspecified atom stereocenters. The van der Waals surface area contributed by atoms with Gasteiger partial charge < -0.3 is 40.3 Å². The third kappa shape index (κ3) is 30.6. The van der Waals surface area contributed by atoms with Gasteiger partial charge in [-0.25, -0.2) is 4.18 Å². The molecule has 0 aliphatic carbocycles. The second kappa shape index (κ2) is 38.8. The van der Waals surface area contributed by atoms with E-state index in [9.17, 15) is 43.3 Å². The maximum atomic E-state index is 13.1. The fraction of sp³-hybridized carbons (Fsp3) is 0.896. The zero-order chi connectivity index (χ0) is 45.7. The van der Waals surface area contributed by atoms with Crippen molar-refractivity contribution in [2.75, 3.05) is 13.2 Å². The largest absolute Gasteiger partial charge is 0.397 e. The standard InChI is InChI=1S/C48H91NO12S/c1-3-5-7-9-11-13-15-17-19-20-21-23-25-27-29-31-33-35-37-42(52)47(55)49-40(39-59-48-45(54)46(61-62(56,57)58)44(53)43(38-50)60-48)41(51)36-34-32-30-28-26-24-22-18-16-14-12-10-8-6-4-2/h26,28,34,36,40-46,48,50-54H,3-25,27,29-33,35,37-39H2,1-2H3,(H,49,55)(H,56,57,58)/b28-26+,36-34+. The molecule has 0 aromatic heterocycles. The third-order valence-corrected chi connectivity index (χ3v) is 12.3. The van der Waals surface area contributed by atoms with Crippen LogP contribution in [0, 0.1) is 0 Å². The van der Waals surface area contributed by atoms with Gasteiger partial charge in [-0.15, -0.1) is 0 Å². The number of hydrogen-bond donors (Lipinski definition) is 7. The Hall–Kier alpha value is -1.46. The van der Waals surface area contributed by atoms with Gasteiger partial charge in [-0.2, -0.15) is 8.42 Å². The van der Waals surface area contributed by atoms with E-state index in [4.69, 9.17) is 9.47 Å². The minimum atomic E-state index is -5.12. The summed E-state index contributed by atoms with van der Waals surface area (Å²) < 4.78 is 47.5. The van der Waals surface area contributed by atoms with Gasteiger partial charge in [0.2, 0.25) is 5.91 Å². The predicted octanol–water partition coefficient (Wildman–Crippen LogP) is 9.08. The molecule has 14 heteroatoms. The van der Waals surface area contributed by atoms with E-state index < -0.39 is 78.5 Å². The molecule has 0 spiro atoms. The lowest BCUT2D eigenvalue weighted by Gasteiger charge is -2.41. The van der Waals surface area contributed by atoms with Crippen molar-refractivity contribution in [3.63, 3.8) is 0 Å². The van der Waals surface area contributed by atoms with Crippen LogP contribution in [0.15, 0.2) is 24.3 Å². The van der Waals surface area contributed by atoms with Crippen LogP contribution in [-0.4, -0.2) is 107 Å². The van der Waals surface area contributed by atoms with E-state index in [1.165, 1.54) is 147 Å². The Bertz CT molecular complexity index is 1220. The van der Waals surface area contributed by atoms with Gasteiger partial charge >= 0.3 is 10.4 Å². The molecule has 1 fully saturated rings. The minimum absolute atomic E-state index is 0.241. The Morgan fingerprint density at radius 1 is 0.645 bits per heavy atom. The monoisotopic (exact) mass is 906 g/mol. The molecular weight excluding hydrogens is 815 g/mol. The molecule has 1 aliphatic rings. The van der Waals surface area contributed by atoms with Crippen LogP contribution < -0.4 is 5.32 Å². The van der Waals surface area contributed by atoms with Crippen LogP contribution >= 0.6 is 0 Å². The van der Waals surface area contributed by atoms with Gasteiger partial charge in [-0.1, -0.05) is 205 Å². The molecular formula is C48H91NO12S. The lowest BCUT2D eigenvalue weighted by Crippen LogP contribution is -2.61. The third-order valence-electron chi connectivity index (χ3n) is 11.8. The molecule has 366 valence electrons. The number of hydrogen-bond acceptors (Lipinski definition) is 11. The van der Waals surface area contributed by atoms with Crippen molar-refractivity contribution in [1.29, 1.82) is 0 Å². The number of allylic oxidation sites excluding steroid dienone is 3. The lowest BCUT2D eigenvalue weighted by atomic mass is 9.99. The highest BCUT2D eigenvalue weighted by Crippen LogP contribution is 2.26. The first-order valence-electron chi connectivity index (χ1n) is 24.8. The van der Waals surface area contributed by atoms with E-state index in [-0.39, 0.29) is 6.42 Å². The summed E-state index contributed by atoms with van der Waals surface area (Å²) in [6, 6.07) is -1.13. The number of carbonyl (C=O) groups is 1. The smallest absolute Gasteiger partial charge is 0.394 e. The lowest BCUT2D eigenvalue weighted by molar-refractivity contribution is -0.298. The van der Waals surface area contributed by atoms with E-state index >= 15 is 0 Å². The maximum absolute atomic E-state index is 13.1. The number of rotatable bonds is 42. The maximum Gasteiger partial charge on any atom is 0.397 e. The van der Waals surface area contributed by atoms with E-state index in [0.717, 1.165) is 38.5 Å². The van der Waals surface area contributed by atoms with Crippen LogP contribution in [0.4, 0.5) is 0 Å². The SMILES string of the molecule is CCCCCCCCCCC/C=C/CC/C=C/C(O)C(COC1OC(CO)C(O)C(OS(=O)(=O)O)C1O)NC(=O)C(O)CCCCCCCCCCCCCCCCCCCC. The van der Waals surface area contributed by atoms with Gasteiger partial charge in [0.05, 0.1) is 25.4 Å². The van der Waals surface area contributed by atoms with Gasteiger partial charge in [-0.05, 0) is 32.1 Å². The van der Waals surface area contributed by atoms with Gasteiger partial charge in [0.15, 0.2) is 6.29 Å². The summed E-state index contributed by atoms with van der Waals surface area (Å²) in [7, 11) is -5.12. The first-order chi connectivity index (χ1) is 29.9. The van der Waals surface area contributed by atoms with Gasteiger partial charge in [-0.3, -0.25) is 9.35 Å². The quantitative estimate of drug-likeness (QED) is 0.0174. The summed E-state index contributed by atoms with van der Waals surface area (Å²) in [6.45, 7) is 3.21. The normalized spacial score (nSPS) is 21.2. The molecule has 1 rings (SSSR count). The van der Waals surface area contributed by atoms with Crippen LogP contribution in [0.25, 0.3) is 0 Å². The molecule has 8 atom stereocenters. The molecule has 7 N–H and O–H groups in total. The molecule has 0 aromatic rings. The van der Waals surface area contributed by atoms with Crippen LogP contribution in [0.2, 0.25) is 0 Å². The molecule has 1 saturated heterocycles. The molecule has 0 aromatic carbocycles. The second-order valence-corrected chi connectivity index (χ2v) is 18.6. The van der Waals surface area contributed by atoms with E-state index in [1.54, 1.807) is 6.08 Å². The molecule has 62 heavy (non-hydrogen) atoms. The van der Waals surface area contributed by atoms with Gasteiger partial charge in [0.1, 0.15) is 30.5 Å². The van der Waals surface area contributed by atoms with Crippen molar-refractivity contribution >= 4 is 16.3 Å². The number of aliphatic hydroxyl groups excluding tert-OH is 5. The summed E-state index contributed by atoms with van der Waals surface area (Å²) in [5.74, 6) is -0.709. The highest BCUT2D eigenvalue weighted by molar-refractivity contribution is 7.80. The molecule has 0 saturated carbocycles. The zero-order valence-electron chi connectivity index (χ0n) is 38.8. The summed E-state index contributed by atoms with van der Waals surface area (Å²) in [5.41, 5.74) is 0. The van der Waals surface area contributed by atoms with Crippen molar-refractivity contribution in [2.24, 2.45) is 0 Å². The Morgan fingerprint density at radius 2 is 1.08 bits per heavy atom. The molecule has 0 radical (unpaired) electrons. The molecule has 13 nitrogen and oxygen atoms in total. The van der Waals surface area contributed by atoms with Crippen LogP contribution in [0.3, 0.4) is 0 Å². The Kier molecular flexibility index (Phi) is 36.6. The summed E-state index contributed by atoms with van der Waals surface area (Å²) in [4.78, 5) is 13.1. The number of amides is 1. The van der Waals surface area contributed by atoms with Gasteiger partial charge in [0, 0.05) is 0 Å². The predicted molar refractivity (Wildman–Crippen MR) is 247 cm³/mol. The Morgan fingerprint density at radius 3 is 1.55 bits per heavy atom. The van der Waals surface area contributed by atoms with Crippen molar-refractivity contribution in [3.05, 3.63) is 24.3 Å². The van der Waals surface area contributed by atoms with Crippen molar-refractivity contribution in [2.45, 2.75) is 262 Å². The van der Waals surface area contributed by atoms with Crippen molar-refractivity contribution < 1.29 is 57.0 Å². The van der Waals surface area contributed by atoms with Gasteiger partial charge in [0.25, 0.3) is 0 Å². The Balaban J connectivity index is 2.55. The average molecular weight is 906 g/mol. The van der Waals surface area contributed by atoms with Crippen molar-refractivity contribution in [1.82, 2.24) is 5.32 Å². The summed E-state index contributed by atoms with van der Waals surface area (Å²) in [5, 5.41) is 55.3. The fourth-order valence-corrected chi connectivity index (χ4v) is 8.40.